The molecule has 0 atom stereocenters. The molecular weight excluding hydrogens is 356 g/mol. The Kier molecular flexibility index (Phi) is 4.69. The second-order valence-electron chi connectivity index (χ2n) is 6.87. The molecule has 0 radical (unpaired) electrons. The maximum absolute atomic E-state index is 12.6. The summed E-state index contributed by atoms with van der Waals surface area (Å²) in [6, 6.07) is 14.3. The first-order valence-electron chi connectivity index (χ1n) is 9.22. The van der Waals surface area contributed by atoms with Crippen molar-refractivity contribution in [2.24, 2.45) is 0 Å². The van der Waals surface area contributed by atoms with Crippen LogP contribution in [0.15, 0.2) is 48.5 Å². The van der Waals surface area contributed by atoms with Gasteiger partial charge in [0, 0.05) is 40.8 Å². The van der Waals surface area contributed by atoms with Crippen LogP contribution in [0.1, 0.15) is 39.3 Å². The topological polar surface area (TPSA) is 79.5 Å². The summed E-state index contributed by atoms with van der Waals surface area (Å²) in [6.45, 7) is 2.13. The van der Waals surface area contributed by atoms with Crippen LogP contribution in [0.5, 0.6) is 0 Å². The molecule has 1 amide bonds. The molecule has 1 aromatic heterocycles. The Morgan fingerprint density at radius 2 is 1.96 bits per heavy atom. The van der Waals surface area contributed by atoms with Crippen LogP contribution in [0.4, 0.5) is 5.69 Å². The molecule has 0 bridgehead atoms. The average Bonchev–Trinajstić information content (AvgIpc) is 3.28. The van der Waals surface area contributed by atoms with Crippen molar-refractivity contribution in [3.8, 4) is 0 Å². The number of carbonyl (C=O) groups excluding carboxylic acids is 3. The van der Waals surface area contributed by atoms with Crippen molar-refractivity contribution in [3.05, 3.63) is 65.4 Å². The molecule has 6 nitrogen and oxygen atoms in total. The Hall–Kier alpha value is -3.41. The van der Waals surface area contributed by atoms with E-state index in [1.54, 1.807) is 29.2 Å². The van der Waals surface area contributed by atoms with Gasteiger partial charge in [0.25, 0.3) is 0 Å². The van der Waals surface area contributed by atoms with Gasteiger partial charge in [-0.05, 0) is 37.6 Å². The molecule has 4 rings (SSSR count). The minimum absolute atomic E-state index is 0.0514. The third kappa shape index (κ3) is 3.29. The van der Waals surface area contributed by atoms with Gasteiger partial charge in [-0.3, -0.25) is 9.59 Å². The fourth-order valence-electron chi connectivity index (χ4n) is 3.64. The molecule has 0 unspecified atom stereocenters. The molecule has 0 aliphatic carbocycles. The third-order valence-electron chi connectivity index (χ3n) is 4.97. The number of H-pyrrole nitrogens is 1. The number of aryl methyl sites for hydroxylation is 1. The van der Waals surface area contributed by atoms with Gasteiger partial charge < -0.3 is 14.6 Å². The normalized spacial score (nSPS) is 13.9. The van der Waals surface area contributed by atoms with E-state index in [2.05, 4.69) is 4.98 Å². The number of amides is 1. The smallest absolute Gasteiger partial charge is 0.338 e. The Morgan fingerprint density at radius 3 is 2.75 bits per heavy atom. The highest BCUT2D eigenvalue weighted by Crippen LogP contribution is 2.24. The molecule has 0 saturated carbocycles. The summed E-state index contributed by atoms with van der Waals surface area (Å²) < 4.78 is 5.26. The predicted octanol–water partition coefficient (Wildman–Crippen LogP) is 3.64. The number of benzene rings is 2. The zero-order valence-electron chi connectivity index (χ0n) is 15.5. The molecule has 2 aromatic carbocycles. The van der Waals surface area contributed by atoms with Crippen LogP contribution in [0.25, 0.3) is 10.9 Å². The minimum atomic E-state index is -0.584. The number of hydrogen-bond acceptors (Lipinski definition) is 4. The molecule has 2 heterocycles. The van der Waals surface area contributed by atoms with E-state index in [1.165, 1.54) is 0 Å². The standard InChI is InChI=1S/C22H20N2O4/c1-14-21(17-8-2-3-9-18(17)23-14)19(25)13-28-22(27)15-6-4-7-16(12-15)24-11-5-10-20(24)26/h2-4,6-9,12,23H,5,10-11,13H2,1H3. The van der Waals surface area contributed by atoms with Gasteiger partial charge in [-0.25, -0.2) is 4.79 Å². The van der Waals surface area contributed by atoms with E-state index in [9.17, 15) is 14.4 Å². The Labute approximate surface area is 162 Å². The maximum atomic E-state index is 12.6. The molecule has 1 aliphatic heterocycles. The second kappa shape index (κ2) is 7.31. The Morgan fingerprint density at radius 1 is 1.14 bits per heavy atom. The number of nitrogens with one attached hydrogen (secondary N) is 1. The fourth-order valence-corrected chi connectivity index (χ4v) is 3.64. The number of esters is 1. The summed E-state index contributed by atoms with van der Waals surface area (Å²) in [6.07, 6.45) is 1.33. The molecule has 28 heavy (non-hydrogen) atoms. The summed E-state index contributed by atoms with van der Waals surface area (Å²) in [5.41, 5.74) is 3.16. The van der Waals surface area contributed by atoms with E-state index >= 15 is 0 Å². The quantitative estimate of drug-likeness (QED) is 0.545. The van der Waals surface area contributed by atoms with Crippen LogP contribution >= 0.6 is 0 Å². The highest BCUT2D eigenvalue weighted by atomic mass is 16.5. The van der Waals surface area contributed by atoms with Gasteiger partial charge in [-0.15, -0.1) is 0 Å². The van der Waals surface area contributed by atoms with Crippen LogP contribution in [-0.2, 0) is 9.53 Å². The van der Waals surface area contributed by atoms with Crippen molar-refractivity contribution in [1.82, 2.24) is 4.98 Å². The molecule has 6 heteroatoms. The largest absolute Gasteiger partial charge is 0.454 e. The average molecular weight is 376 g/mol. The summed E-state index contributed by atoms with van der Waals surface area (Å²) in [5.74, 6) is -0.788. The number of rotatable bonds is 5. The van der Waals surface area contributed by atoms with Gasteiger partial charge in [0.05, 0.1) is 5.56 Å². The number of para-hydroxylation sites is 1. The molecule has 1 aliphatic rings. The zero-order chi connectivity index (χ0) is 19.7. The molecule has 1 fully saturated rings. The van der Waals surface area contributed by atoms with E-state index < -0.39 is 5.97 Å². The fraction of sp³-hybridized carbons (Fsp3) is 0.227. The lowest BCUT2D eigenvalue weighted by Crippen LogP contribution is -2.24. The van der Waals surface area contributed by atoms with Crippen LogP contribution in [0.2, 0.25) is 0 Å². The SMILES string of the molecule is Cc1[nH]c2ccccc2c1C(=O)COC(=O)c1cccc(N2CCCC2=O)c1. The highest BCUT2D eigenvalue weighted by molar-refractivity contribution is 6.10. The molecule has 3 aromatic rings. The van der Waals surface area contributed by atoms with Gasteiger partial charge in [0.2, 0.25) is 11.7 Å². The second-order valence-corrected chi connectivity index (χ2v) is 6.87. The lowest BCUT2D eigenvalue weighted by molar-refractivity contribution is -0.117. The molecule has 1 N–H and O–H groups in total. The third-order valence-corrected chi connectivity index (χ3v) is 4.97. The number of hydrogen-bond donors (Lipinski definition) is 1. The van der Waals surface area contributed by atoms with Crippen molar-refractivity contribution in [2.75, 3.05) is 18.1 Å². The monoisotopic (exact) mass is 376 g/mol. The van der Waals surface area contributed by atoms with Crippen LogP contribution in [0, 0.1) is 6.92 Å². The number of Topliss-reactive ketones (excluding diaryl/α,β-unsaturated/α-hetero) is 1. The number of anilines is 1. The first kappa shape index (κ1) is 18.0. The van der Waals surface area contributed by atoms with Crippen LogP contribution < -0.4 is 4.90 Å². The Balaban J connectivity index is 1.48. The molecular formula is C22H20N2O4. The zero-order valence-corrected chi connectivity index (χ0v) is 15.5. The number of aromatic amines is 1. The molecule has 0 spiro atoms. The van der Waals surface area contributed by atoms with Crippen molar-refractivity contribution >= 4 is 34.3 Å². The summed E-state index contributed by atoms with van der Waals surface area (Å²) in [5, 5.41) is 0.815. The van der Waals surface area contributed by atoms with Gasteiger partial charge in [0.15, 0.2) is 6.61 Å². The summed E-state index contributed by atoms with van der Waals surface area (Å²) in [7, 11) is 0. The number of fused-ring (bicyclic) bond motifs is 1. The van der Waals surface area contributed by atoms with Crippen LogP contribution in [0.3, 0.4) is 0 Å². The lowest BCUT2D eigenvalue weighted by atomic mass is 10.1. The first-order chi connectivity index (χ1) is 13.5. The summed E-state index contributed by atoms with van der Waals surface area (Å²) in [4.78, 5) is 41.8. The van der Waals surface area contributed by atoms with Gasteiger partial charge in [-0.1, -0.05) is 24.3 Å². The van der Waals surface area contributed by atoms with Crippen molar-refractivity contribution in [1.29, 1.82) is 0 Å². The van der Waals surface area contributed by atoms with E-state index in [4.69, 9.17) is 4.74 Å². The van der Waals surface area contributed by atoms with Gasteiger partial charge >= 0.3 is 5.97 Å². The maximum Gasteiger partial charge on any atom is 0.338 e. The number of nitrogens with zero attached hydrogens (tertiary/aromatic N) is 1. The lowest BCUT2D eigenvalue weighted by Gasteiger charge is -2.16. The van der Waals surface area contributed by atoms with Crippen LogP contribution in [-0.4, -0.2) is 35.8 Å². The number of ether oxygens (including phenoxy) is 1. The van der Waals surface area contributed by atoms with Crippen molar-refractivity contribution in [2.45, 2.75) is 19.8 Å². The first-order valence-corrected chi connectivity index (χ1v) is 9.22. The number of carbonyl (C=O) groups is 3. The number of aromatic nitrogens is 1. The highest BCUT2D eigenvalue weighted by Gasteiger charge is 2.23. The number of ketones is 1. The predicted molar refractivity (Wildman–Crippen MR) is 106 cm³/mol. The van der Waals surface area contributed by atoms with Gasteiger partial charge in [0.1, 0.15) is 0 Å². The summed E-state index contributed by atoms with van der Waals surface area (Å²) >= 11 is 0. The van der Waals surface area contributed by atoms with E-state index in [0.717, 1.165) is 23.0 Å². The van der Waals surface area contributed by atoms with E-state index in [-0.39, 0.29) is 18.3 Å². The Bertz CT molecular complexity index is 1080. The van der Waals surface area contributed by atoms with Crippen molar-refractivity contribution in [3.63, 3.8) is 0 Å². The van der Waals surface area contributed by atoms with E-state index in [0.29, 0.717) is 29.8 Å². The molecule has 1 saturated heterocycles. The minimum Gasteiger partial charge on any atom is -0.454 e. The van der Waals surface area contributed by atoms with Gasteiger partial charge in [-0.2, -0.15) is 0 Å². The van der Waals surface area contributed by atoms with E-state index in [1.807, 2.05) is 31.2 Å². The molecule has 142 valence electrons. The van der Waals surface area contributed by atoms with Crippen molar-refractivity contribution < 1.29 is 19.1 Å².